The van der Waals surface area contributed by atoms with Crippen molar-refractivity contribution in [1.82, 2.24) is 5.32 Å². The second kappa shape index (κ2) is 7.17. The van der Waals surface area contributed by atoms with E-state index >= 15 is 0 Å². The zero-order valence-electron chi connectivity index (χ0n) is 11.9. The van der Waals surface area contributed by atoms with Crippen LogP contribution in [0.3, 0.4) is 0 Å². The maximum absolute atomic E-state index is 12.2. The summed E-state index contributed by atoms with van der Waals surface area (Å²) in [6, 6.07) is 9.44. The van der Waals surface area contributed by atoms with Crippen molar-refractivity contribution >= 4 is 30.1 Å². The summed E-state index contributed by atoms with van der Waals surface area (Å²) in [5.41, 5.74) is 5.97. The molecule has 0 aliphatic heterocycles. The Balaban J connectivity index is 0.00000324. The quantitative estimate of drug-likeness (QED) is 0.879. The molecule has 3 N–H and O–H groups in total. The number of thioether (sulfide) groups is 1. The number of carbonyl (C=O) groups is 1. The minimum atomic E-state index is -0.990. The van der Waals surface area contributed by atoms with Gasteiger partial charge in [-0.25, -0.2) is 0 Å². The smallest absolute Gasteiger partial charge is 0.244 e. The molecule has 0 saturated carbocycles. The molecule has 1 aromatic carbocycles. The normalized spacial score (nSPS) is 14.2. The Hall–Kier alpha value is -0.710. The first-order valence-corrected chi connectivity index (χ1v) is 7.20. The van der Waals surface area contributed by atoms with Crippen molar-refractivity contribution in [3.63, 3.8) is 0 Å². The molecule has 108 valence electrons. The number of hydrogen-bond acceptors (Lipinski definition) is 3. The highest BCUT2D eigenvalue weighted by Crippen LogP contribution is 2.21. The van der Waals surface area contributed by atoms with Gasteiger partial charge in [-0.3, -0.25) is 4.79 Å². The molecule has 5 heteroatoms. The Labute approximate surface area is 126 Å². The molecule has 1 unspecified atom stereocenters. The molecule has 3 nitrogen and oxygen atoms in total. The fourth-order valence-corrected chi connectivity index (χ4v) is 1.68. The van der Waals surface area contributed by atoms with E-state index in [-0.39, 0.29) is 23.1 Å². The molecule has 1 rings (SSSR count). The highest BCUT2D eigenvalue weighted by atomic mass is 35.5. The number of hydrogen-bond donors (Lipinski definition) is 2. The molecule has 0 radical (unpaired) electrons. The molecule has 0 heterocycles. The fraction of sp³-hybridized carbons (Fsp3) is 0.500. The first-order valence-electron chi connectivity index (χ1n) is 5.97. The van der Waals surface area contributed by atoms with Crippen molar-refractivity contribution in [2.45, 2.75) is 31.1 Å². The van der Waals surface area contributed by atoms with Crippen molar-refractivity contribution in [2.75, 3.05) is 12.8 Å². The van der Waals surface area contributed by atoms with Crippen LogP contribution in [0.5, 0.6) is 0 Å². The first kappa shape index (κ1) is 18.3. The molecule has 0 aromatic heterocycles. The Morgan fingerprint density at radius 3 is 2.26 bits per heavy atom. The van der Waals surface area contributed by atoms with Gasteiger partial charge in [0, 0.05) is 11.3 Å². The lowest BCUT2D eigenvalue weighted by Crippen LogP contribution is -2.51. The van der Waals surface area contributed by atoms with E-state index < -0.39 is 5.54 Å². The van der Waals surface area contributed by atoms with Crippen LogP contribution >= 0.6 is 24.2 Å². The van der Waals surface area contributed by atoms with E-state index in [2.05, 4.69) is 19.2 Å². The molecule has 0 aliphatic rings. The van der Waals surface area contributed by atoms with Crippen LogP contribution in [0, 0.1) is 0 Å². The number of benzene rings is 1. The average Bonchev–Trinajstić information content (AvgIpc) is 2.37. The minimum Gasteiger partial charge on any atom is -0.353 e. The molecule has 1 aromatic rings. The molecule has 19 heavy (non-hydrogen) atoms. The minimum absolute atomic E-state index is 0. The van der Waals surface area contributed by atoms with Crippen LogP contribution in [-0.4, -0.2) is 23.5 Å². The summed E-state index contributed by atoms with van der Waals surface area (Å²) in [5, 5.41) is 2.93. The standard InChI is InChI=1S/C14H22N2OS.ClH/c1-13(2,18-4)10-16-12(17)14(3,15)11-8-6-5-7-9-11;/h5-9H,10,15H2,1-4H3,(H,16,17);1H. The van der Waals surface area contributed by atoms with Crippen LogP contribution in [-0.2, 0) is 10.3 Å². The molecular weight excluding hydrogens is 280 g/mol. The zero-order chi connectivity index (χ0) is 13.8. The summed E-state index contributed by atoms with van der Waals surface area (Å²) in [6.07, 6.45) is 2.03. The molecule has 0 bridgehead atoms. The molecule has 0 spiro atoms. The lowest BCUT2D eigenvalue weighted by Gasteiger charge is -2.28. The van der Waals surface area contributed by atoms with E-state index in [9.17, 15) is 4.79 Å². The SMILES string of the molecule is CSC(C)(C)CNC(=O)C(C)(N)c1ccccc1.Cl. The third-order valence-electron chi connectivity index (χ3n) is 3.07. The van der Waals surface area contributed by atoms with Crippen LogP contribution in [0.15, 0.2) is 30.3 Å². The Morgan fingerprint density at radius 1 is 1.26 bits per heavy atom. The summed E-state index contributed by atoms with van der Waals surface area (Å²) in [4.78, 5) is 12.2. The number of carbonyl (C=O) groups excluding carboxylic acids is 1. The zero-order valence-corrected chi connectivity index (χ0v) is 13.5. The van der Waals surface area contributed by atoms with Crippen molar-refractivity contribution in [2.24, 2.45) is 5.73 Å². The second-order valence-electron chi connectivity index (χ2n) is 5.21. The van der Waals surface area contributed by atoms with Gasteiger partial charge in [0.15, 0.2) is 0 Å². The van der Waals surface area contributed by atoms with Crippen molar-refractivity contribution in [3.8, 4) is 0 Å². The molecule has 1 amide bonds. The van der Waals surface area contributed by atoms with Gasteiger partial charge in [0.2, 0.25) is 5.91 Å². The summed E-state index contributed by atoms with van der Waals surface area (Å²) >= 11 is 1.72. The summed E-state index contributed by atoms with van der Waals surface area (Å²) in [6.45, 7) is 6.53. The van der Waals surface area contributed by atoms with Gasteiger partial charge in [-0.15, -0.1) is 12.4 Å². The van der Waals surface area contributed by atoms with Crippen molar-refractivity contribution < 1.29 is 4.79 Å². The highest BCUT2D eigenvalue weighted by Gasteiger charge is 2.31. The topological polar surface area (TPSA) is 55.1 Å². The van der Waals surface area contributed by atoms with E-state index in [0.29, 0.717) is 6.54 Å². The van der Waals surface area contributed by atoms with Gasteiger partial charge in [-0.05, 0) is 32.6 Å². The maximum atomic E-state index is 12.2. The number of nitrogens with two attached hydrogens (primary N) is 1. The van der Waals surface area contributed by atoms with Crippen LogP contribution in [0.4, 0.5) is 0 Å². The van der Waals surface area contributed by atoms with Crippen LogP contribution < -0.4 is 11.1 Å². The summed E-state index contributed by atoms with van der Waals surface area (Å²) < 4.78 is 0.0163. The first-order chi connectivity index (χ1) is 8.29. The predicted molar refractivity (Wildman–Crippen MR) is 85.8 cm³/mol. The molecule has 0 fully saturated rings. The van der Waals surface area contributed by atoms with Gasteiger partial charge in [-0.2, -0.15) is 11.8 Å². The Bertz CT molecular complexity index is 407. The number of amides is 1. The third kappa shape index (κ3) is 5.05. The van der Waals surface area contributed by atoms with Crippen molar-refractivity contribution in [1.29, 1.82) is 0 Å². The van der Waals surface area contributed by atoms with E-state index in [1.54, 1.807) is 18.7 Å². The fourth-order valence-electron chi connectivity index (χ4n) is 1.46. The molecule has 0 saturated heterocycles. The Kier molecular flexibility index (Phi) is 6.91. The van der Waals surface area contributed by atoms with E-state index in [4.69, 9.17) is 5.73 Å². The third-order valence-corrected chi connectivity index (χ3v) is 4.32. The largest absolute Gasteiger partial charge is 0.353 e. The van der Waals surface area contributed by atoms with Crippen LogP contribution in [0.25, 0.3) is 0 Å². The monoisotopic (exact) mass is 302 g/mol. The van der Waals surface area contributed by atoms with E-state index in [1.807, 2.05) is 36.6 Å². The maximum Gasteiger partial charge on any atom is 0.244 e. The van der Waals surface area contributed by atoms with Gasteiger partial charge in [0.05, 0.1) is 0 Å². The molecule has 1 atom stereocenters. The van der Waals surface area contributed by atoms with Crippen LogP contribution in [0.1, 0.15) is 26.3 Å². The number of rotatable bonds is 5. The summed E-state index contributed by atoms with van der Waals surface area (Å²) in [5.74, 6) is -0.143. The predicted octanol–water partition coefficient (Wildman–Crippen LogP) is 2.54. The van der Waals surface area contributed by atoms with Gasteiger partial charge in [0.1, 0.15) is 5.54 Å². The van der Waals surface area contributed by atoms with Gasteiger partial charge < -0.3 is 11.1 Å². The molecular formula is C14H23ClN2OS. The molecule has 0 aliphatic carbocycles. The highest BCUT2D eigenvalue weighted by molar-refractivity contribution is 7.99. The van der Waals surface area contributed by atoms with Crippen LogP contribution in [0.2, 0.25) is 0 Å². The number of nitrogens with one attached hydrogen (secondary N) is 1. The average molecular weight is 303 g/mol. The van der Waals surface area contributed by atoms with Gasteiger partial charge in [-0.1, -0.05) is 30.3 Å². The second-order valence-corrected chi connectivity index (χ2v) is 6.73. The van der Waals surface area contributed by atoms with Crippen molar-refractivity contribution in [3.05, 3.63) is 35.9 Å². The Morgan fingerprint density at radius 2 is 1.79 bits per heavy atom. The lowest BCUT2D eigenvalue weighted by molar-refractivity contribution is -0.126. The lowest BCUT2D eigenvalue weighted by atomic mass is 9.92. The van der Waals surface area contributed by atoms with Gasteiger partial charge >= 0.3 is 0 Å². The van der Waals surface area contributed by atoms with Gasteiger partial charge in [0.25, 0.3) is 0 Å². The number of halogens is 1. The van der Waals surface area contributed by atoms with E-state index in [1.165, 1.54) is 0 Å². The van der Waals surface area contributed by atoms with E-state index in [0.717, 1.165) is 5.56 Å². The summed E-state index contributed by atoms with van der Waals surface area (Å²) in [7, 11) is 0.